The van der Waals surface area contributed by atoms with Gasteiger partial charge in [0, 0.05) is 29.5 Å². The van der Waals surface area contributed by atoms with Crippen molar-refractivity contribution in [3.05, 3.63) is 17.5 Å². The number of aryl methyl sites for hydroxylation is 1. The highest BCUT2D eigenvalue weighted by atomic mass is 35.7. The summed E-state index contributed by atoms with van der Waals surface area (Å²) in [5.74, 6) is 0.0419. The molecule has 1 aromatic rings. The largest absolute Gasteiger partial charge is 0.275 e. The van der Waals surface area contributed by atoms with Crippen LogP contribution in [0, 0.1) is 0 Å². The van der Waals surface area contributed by atoms with Gasteiger partial charge in [-0.2, -0.15) is 5.10 Å². The molecule has 0 aliphatic rings. The van der Waals surface area contributed by atoms with E-state index in [1.807, 2.05) is 13.8 Å². The number of hydrogen-bond donors (Lipinski definition) is 0. The van der Waals surface area contributed by atoms with Crippen molar-refractivity contribution >= 4 is 19.7 Å². The van der Waals surface area contributed by atoms with Gasteiger partial charge in [-0.3, -0.25) is 4.68 Å². The Morgan fingerprint density at radius 3 is 2.57 bits per heavy atom. The van der Waals surface area contributed by atoms with E-state index >= 15 is 0 Å². The molecule has 1 heterocycles. The van der Waals surface area contributed by atoms with Crippen molar-refractivity contribution in [2.75, 3.05) is 0 Å². The minimum Gasteiger partial charge on any atom is -0.275 e. The number of hydrogen-bond acceptors (Lipinski definition) is 3. The topological polar surface area (TPSA) is 52.0 Å². The van der Waals surface area contributed by atoms with Crippen LogP contribution in [0.4, 0.5) is 0 Å². The molecule has 0 spiro atoms. The average molecular weight is 237 g/mol. The Kier molecular flexibility index (Phi) is 3.21. The van der Waals surface area contributed by atoms with Gasteiger partial charge in [0.2, 0.25) is 9.05 Å². The molecule has 80 valence electrons. The summed E-state index contributed by atoms with van der Waals surface area (Å²) in [5, 5.41) is 4.19. The van der Waals surface area contributed by atoms with E-state index in [1.165, 1.54) is 0 Å². The molecule has 0 N–H and O–H groups in total. The van der Waals surface area contributed by atoms with Gasteiger partial charge in [-0.15, -0.1) is 0 Å². The van der Waals surface area contributed by atoms with Crippen LogP contribution < -0.4 is 0 Å². The number of aromatic nitrogens is 2. The summed E-state index contributed by atoms with van der Waals surface area (Å²) in [4.78, 5) is 0. The number of halogens is 1. The summed E-state index contributed by atoms with van der Waals surface area (Å²) in [6.07, 6.45) is 1.69. The van der Waals surface area contributed by atoms with Crippen LogP contribution in [-0.2, 0) is 21.9 Å². The molecule has 4 nitrogen and oxygen atoms in total. The van der Waals surface area contributed by atoms with E-state index in [0.717, 1.165) is 5.69 Å². The van der Waals surface area contributed by atoms with Gasteiger partial charge in [0.05, 0.1) is 11.4 Å². The Bertz CT molecular complexity index is 423. The van der Waals surface area contributed by atoms with Crippen molar-refractivity contribution in [3.63, 3.8) is 0 Å². The Labute approximate surface area is 88.3 Å². The van der Waals surface area contributed by atoms with Crippen molar-refractivity contribution in [1.29, 1.82) is 0 Å². The van der Waals surface area contributed by atoms with E-state index in [1.54, 1.807) is 17.9 Å². The van der Waals surface area contributed by atoms with Crippen molar-refractivity contribution < 1.29 is 8.42 Å². The summed E-state index contributed by atoms with van der Waals surface area (Å²) in [6, 6.07) is 0. The SMILES string of the molecule is CC(C)c1nn(C)cc1CS(=O)(=O)Cl. The molecule has 0 bridgehead atoms. The summed E-state index contributed by atoms with van der Waals surface area (Å²) < 4.78 is 23.4. The molecule has 1 rings (SSSR count). The van der Waals surface area contributed by atoms with Crippen molar-refractivity contribution in [3.8, 4) is 0 Å². The maximum absolute atomic E-state index is 10.9. The predicted octanol–water partition coefficient (Wildman–Crippen LogP) is 1.61. The fourth-order valence-electron chi connectivity index (χ4n) is 1.34. The van der Waals surface area contributed by atoms with Crippen LogP contribution in [-0.4, -0.2) is 18.2 Å². The minimum atomic E-state index is -3.50. The fourth-order valence-corrected chi connectivity index (χ4v) is 2.28. The zero-order chi connectivity index (χ0) is 10.9. The highest BCUT2D eigenvalue weighted by Gasteiger charge is 2.16. The molecule has 0 saturated heterocycles. The Balaban J connectivity index is 3.08. The molecule has 0 radical (unpaired) electrons. The van der Waals surface area contributed by atoms with Gasteiger partial charge in [-0.05, 0) is 5.92 Å². The fraction of sp³-hybridized carbons (Fsp3) is 0.625. The Hall–Kier alpha value is -0.550. The minimum absolute atomic E-state index is 0.157. The monoisotopic (exact) mass is 236 g/mol. The second-order valence-corrected chi connectivity index (χ2v) is 6.33. The van der Waals surface area contributed by atoms with Gasteiger partial charge in [0.25, 0.3) is 0 Å². The molecule has 0 aliphatic carbocycles. The van der Waals surface area contributed by atoms with Crippen molar-refractivity contribution in [2.45, 2.75) is 25.5 Å². The van der Waals surface area contributed by atoms with E-state index in [-0.39, 0.29) is 11.7 Å². The van der Waals surface area contributed by atoms with Gasteiger partial charge >= 0.3 is 0 Å². The van der Waals surface area contributed by atoms with Crippen LogP contribution in [0.15, 0.2) is 6.20 Å². The maximum atomic E-state index is 10.9. The van der Waals surface area contributed by atoms with Crippen LogP contribution in [0.25, 0.3) is 0 Å². The normalized spacial score (nSPS) is 12.4. The molecular formula is C8H13ClN2O2S. The second-order valence-electron chi connectivity index (χ2n) is 3.55. The first-order valence-electron chi connectivity index (χ1n) is 4.24. The molecule has 1 aromatic heterocycles. The molecule has 0 saturated carbocycles. The third kappa shape index (κ3) is 2.99. The van der Waals surface area contributed by atoms with Crippen molar-refractivity contribution in [1.82, 2.24) is 9.78 Å². The average Bonchev–Trinajstić information content (AvgIpc) is 2.27. The zero-order valence-corrected chi connectivity index (χ0v) is 9.93. The summed E-state index contributed by atoms with van der Waals surface area (Å²) in [6.45, 7) is 3.93. The van der Waals surface area contributed by atoms with Crippen LogP contribution in [0.2, 0.25) is 0 Å². The summed E-state index contributed by atoms with van der Waals surface area (Å²) >= 11 is 0. The predicted molar refractivity (Wildman–Crippen MR) is 55.8 cm³/mol. The van der Waals surface area contributed by atoms with Gasteiger partial charge in [0.15, 0.2) is 0 Å². The number of rotatable bonds is 3. The molecule has 0 amide bonds. The molecule has 0 unspecified atom stereocenters. The van der Waals surface area contributed by atoms with Crippen LogP contribution in [0.5, 0.6) is 0 Å². The van der Waals surface area contributed by atoms with Crippen LogP contribution in [0.1, 0.15) is 31.0 Å². The number of nitrogens with zero attached hydrogens (tertiary/aromatic N) is 2. The van der Waals surface area contributed by atoms with Gasteiger partial charge in [0.1, 0.15) is 0 Å². The lowest BCUT2D eigenvalue weighted by Crippen LogP contribution is -1.99. The highest BCUT2D eigenvalue weighted by molar-refractivity contribution is 8.13. The lowest BCUT2D eigenvalue weighted by Gasteiger charge is -2.02. The highest BCUT2D eigenvalue weighted by Crippen LogP contribution is 2.20. The molecule has 0 aromatic carbocycles. The molecule has 14 heavy (non-hydrogen) atoms. The van der Waals surface area contributed by atoms with Gasteiger partial charge in [-0.25, -0.2) is 8.42 Å². The van der Waals surface area contributed by atoms with Gasteiger partial charge in [-0.1, -0.05) is 13.8 Å². The lowest BCUT2D eigenvalue weighted by atomic mass is 10.1. The van der Waals surface area contributed by atoms with Gasteiger partial charge < -0.3 is 0 Å². The van der Waals surface area contributed by atoms with E-state index < -0.39 is 9.05 Å². The molecule has 6 heteroatoms. The second kappa shape index (κ2) is 3.90. The van der Waals surface area contributed by atoms with E-state index in [2.05, 4.69) is 5.10 Å². The first-order chi connectivity index (χ1) is 6.29. The molecular weight excluding hydrogens is 224 g/mol. The lowest BCUT2D eigenvalue weighted by molar-refractivity contribution is 0.608. The van der Waals surface area contributed by atoms with E-state index in [9.17, 15) is 8.42 Å². The maximum Gasteiger partial charge on any atom is 0.236 e. The quantitative estimate of drug-likeness (QED) is 0.750. The van der Waals surface area contributed by atoms with E-state index in [4.69, 9.17) is 10.7 Å². The van der Waals surface area contributed by atoms with E-state index in [0.29, 0.717) is 5.56 Å². The summed E-state index contributed by atoms with van der Waals surface area (Å²) in [7, 11) is 3.45. The zero-order valence-electron chi connectivity index (χ0n) is 8.36. The van der Waals surface area contributed by atoms with Crippen LogP contribution >= 0.6 is 10.7 Å². The third-order valence-electron chi connectivity index (χ3n) is 1.81. The van der Waals surface area contributed by atoms with Crippen LogP contribution in [0.3, 0.4) is 0 Å². The third-order valence-corrected chi connectivity index (χ3v) is 2.80. The standard InChI is InChI=1S/C8H13ClN2O2S/c1-6(2)8-7(4-11(3)10-8)5-14(9,12)13/h4,6H,5H2,1-3H3. The Morgan fingerprint density at radius 1 is 1.57 bits per heavy atom. The Morgan fingerprint density at radius 2 is 2.14 bits per heavy atom. The first-order valence-corrected chi connectivity index (χ1v) is 6.72. The first kappa shape index (κ1) is 11.5. The van der Waals surface area contributed by atoms with Crippen molar-refractivity contribution in [2.24, 2.45) is 7.05 Å². The molecule has 0 fully saturated rings. The smallest absolute Gasteiger partial charge is 0.236 e. The molecule has 0 atom stereocenters. The summed E-state index contributed by atoms with van der Waals surface area (Å²) in [5.41, 5.74) is 1.47. The molecule has 0 aliphatic heterocycles.